The molecule has 1 aliphatic rings. The molecule has 108 valence electrons. The Bertz CT molecular complexity index is 504. The van der Waals surface area contributed by atoms with Crippen molar-refractivity contribution < 1.29 is 14.3 Å². The van der Waals surface area contributed by atoms with Crippen molar-refractivity contribution in [1.82, 2.24) is 15.2 Å². The fourth-order valence-electron chi connectivity index (χ4n) is 2.23. The predicted octanol–water partition coefficient (Wildman–Crippen LogP) is 0.367. The Hall–Kier alpha value is -1.95. The summed E-state index contributed by atoms with van der Waals surface area (Å²) in [5, 5.41) is 3.11. The second-order valence-electron chi connectivity index (χ2n) is 4.72. The van der Waals surface area contributed by atoms with Crippen LogP contribution in [0.2, 0.25) is 0 Å². The third-order valence-electron chi connectivity index (χ3n) is 3.18. The van der Waals surface area contributed by atoms with E-state index in [2.05, 4.69) is 10.3 Å². The molecular formula is C14H19N3O3. The van der Waals surface area contributed by atoms with E-state index < -0.39 is 6.04 Å². The van der Waals surface area contributed by atoms with E-state index in [1.165, 1.54) is 6.20 Å². The van der Waals surface area contributed by atoms with Crippen LogP contribution in [0, 0.1) is 6.92 Å². The van der Waals surface area contributed by atoms with Crippen LogP contribution in [0.3, 0.4) is 0 Å². The number of amides is 1. The van der Waals surface area contributed by atoms with Gasteiger partial charge in [0.25, 0.3) is 5.91 Å². The van der Waals surface area contributed by atoms with Crippen molar-refractivity contribution in [3.05, 3.63) is 29.6 Å². The highest BCUT2D eigenvalue weighted by Gasteiger charge is 2.33. The summed E-state index contributed by atoms with van der Waals surface area (Å²) >= 11 is 0. The van der Waals surface area contributed by atoms with Crippen LogP contribution in [0.1, 0.15) is 22.8 Å². The molecule has 2 heterocycles. The van der Waals surface area contributed by atoms with Gasteiger partial charge in [0.05, 0.1) is 12.2 Å². The average molecular weight is 277 g/mol. The minimum Gasteiger partial charge on any atom is -0.464 e. The summed E-state index contributed by atoms with van der Waals surface area (Å²) in [6.45, 7) is 5.51. The average Bonchev–Trinajstić information content (AvgIpc) is 2.47. The summed E-state index contributed by atoms with van der Waals surface area (Å²) in [5.41, 5.74) is 1.42. The Labute approximate surface area is 118 Å². The maximum Gasteiger partial charge on any atom is 0.330 e. The predicted molar refractivity (Wildman–Crippen MR) is 73.3 cm³/mol. The summed E-state index contributed by atoms with van der Waals surface area (Å²) in [4.78, 5) is 30.0. The van der Waals surface area contributed by atoms with Gasteiger partial charge in [-0.1, -0.05) is 0 Å². The number of rotatable bonds is 3. The van der Waals surface area contributed by atoms with E-state index in [0.717, 1.165) is 5.56 Å². The van der Waals surface area contributed by atoms with E-state index in [-0.39, 0.29) is 11.9 Å². The highest BCUT2D eigenvalue weighted by Crippen LogP contribution is 2.12. The summed E-state index contributed by atoms with van der Waals surface area (Å²) in [6, 6.07) is 1.20. The normalized spacial score (nSPS) is 18.7. The Morgan fingerprint density at radius 2 is 2.30 bits per heavy atom. The number of esters is 1. The molecule has 1 aromatic rings. The number of hydrogen-bond acceptors (Lipinski definition) is 5. The number of piperazine rings is 1. The third-order valence-corrected chi connectivity index (χ3v) is 3.18. The molecule has 1 saturated heterocycles. The zero-order chi connectivity index (χ0) is 14.5. The number of nitrogens with zero attached hydrogens (tertiary/aromatic N) is 2. The summed E-state index contributed by atoms with van der Waals surface area (Å²) < 4.78 is 5.03. The third kappa shape index (κ3) is 3.14. The molecule has 0 radical (unpaired) electrons. The number of ether oxygens (including phenoxy) is 1. The lowest BCUT2D eigenvalue weighted by molar-refractivity contribution is -0.149. The molecule has 20 heavy (non-hydrogen) atoms. The molecular weight excluding hydrogens is 258 g/mol. The van der Waals surface area contributed by atoms with E-state index in [1.807, 2.05) is 6.92 Å². The Kier molecular flexibility index (Phi) is 4.68. The summed E-state index contributed by atoms with van der Waals surface area (Å²) in [6.07, 6.45) is 3.22. The van der Waals surface area contributed by atoms with Gasteiger partial charge in [-0.15, -0.1) is 0 Å². The minimum absolute atomic E-state index is 0.180. The van der Waals surface area contributed by atoms with Gasteiger partial charge in [-0.2, -0.15) is 0 Å². The number of carbonyl (C=O) groups excluding carboxylic acids is 2. The second kappa shape index (κ2) is 6.47. The molecule has 0 aliphatic carbocycles. The summed E-state index contributed by atoms with van der Waals surface area (Å²) in [7, 11) is 0. The SMILES string of the molecule is CCOC(=O)C1CNCCN1C(=O)c1cncc(C)c1. The van der Waals surface area contributed by atoms with E-state index in [0.29, 0.717) is 31.8 Å². The van der Waals surface area contributed by atoms with E-state index in [9.17, 15) is 9.59 Å². The Morgan fingerprint density at radius 1 is 1.50 bits per heavy atom. The Morgan fingerprint density at radius 3 is 3.00 bits per heavy atom. The zero-order valence-electron chi connectivity index (χ0n) is 11.8. The number of aromatic nitrogens is 1. The van der Waals surface area contributed by atoms with Gasteiger partial charge in [-0.3, -0.25) is 9.78 Å². The van der Waals surface area contributed by atoms with E-state index >= 15 is 0 Å². The molecule has 1 aliphatic heterocycles. The first-order valence-corrected chi connectivity index (χ1v) is 6.73. The van der Waals surface area contributed by atoms with Crippen LogP contribution in [0.25, 0.3) is 0 Å². The molecule has 0 saturated carbocycles. The Balaban J connectivity index is 2.19. The lowest BCUT2D eigenvalue weighted by atomic mass is 10.1. The minimum atomic E-state index is -0.572. The van der Waals surface area contributed by atoms with Gasteiger partial charge >= 0.3 is 5.97 Å². The van der Waals surface area contributed by atoms with Gasteiger partial charge in [0.2, 0.25) is 0 Å². The molecule has 1 amide bonds. The molecule has 1 atom stereocenters. The molecule has 1 unspecified atom stereocenters. The molecule has 0 aromatic carbocycles. The van der Waals surface area contributed by atoms with Gasteiger partial charge in [-0.25, -0.2) is 4.79 Å². The van der Waals surface area contributed by atoms with Crippen LogP contribution in [0.5, 0.6) is 0 Å². The van der Waals surface area contributed by atoms with Crippen LogP contribution in [0.15, 0.2) is 18.5 Å². The highest BCUT2D eigenvalue weighted by molar-refractivity contribution is 5.96. The van der Waals surface area contributed by atoms with Gasteiger partial charge in [0.1, 0.15) is 6.04 Å². The van der Waals surface area contributed by atoms with Crippen LogP contribution in [-0.2, 0) is 9.53 Å². The van der Waals surface area contributed by atoms with E-state index in [1.54, 1.807) is 24.1 Å². The molecule has 1 N–H and O–H groups in total. The van der Waals surface area contributed by atoms with Crippen LogP contribution < -0.4 is 5.32 Å². The van der Waals surface area contributed by atoms with Crippen LogP contribution in [0.4, 0.5) is 0 Å². The smallest absolute Gasteiger partial charge is 0.330 e. The van der Waals surface area contributed by atoms with Crippen molar-refractivity contribution in [1.29, 1.82) is 0 Å². The van der Waals surface area contributed by atoms with Crippen LogP contribution in [-0.4, -0.2) is 54.0 Å². The number of nitrogens with one attached hydrogen (secondary N) is 1. The first-order valence-electron chi connectivity index (χ1n) is 6.73. The van der Waals surface area contributed by atoms with Crippen molar-refractivity contribution >= 4 is 11.9 Å². The largest absolute Gasteiger partial charge is 0.464 e. The first kappa shape index (κ1) is 14.5. The number of pyridine rings is 1. The molecule has 0 spiro atoms. The van der Waals surface area contributed by atoms with Crippen molar-refractivity contribution in [3.8, 4) is 0 Å². The lowest BCUT2D eigenvalue weighted by Gasteiger charge is -2.34. The van der Waals surface area contributed by atoms with Crippen molar-refractivity contribution in [2.75, 3.05) is 26.2 Å². The molecule has 6 nitrogen and oxygen atoms in total. The van der Waals surface area contributed by atoms with Crippen molar-refractivity contribution in [2.45, 2.75) is 19.9 Å². The number of hydrogen-bond donors (Lipinski definition) is 1. The number of aryl methyl sites for hydroxylation is 1. The monoisotopic (exact) mass is 277 g/mol. The fraction of sp³-hybridized carbons (Fsp3) is 0.500. The highest BCUT2D eigenvalue weighted by atomic mass is 16.5. The van der Waals surface area contributed by atoms with Gasteiger partial charge in [0.15, 0.2) is 0 Å². The fourth-order valence-corrected chi connectivity index (χ4v) is 2.23. The molecule has 6 heteroatoms. The number of carbonyl (C=O) groups is 2. The van der Waals surface area contributed by atoms with Gasteiger partial charge in [-0.05, 0) is 25.5 Å². The quantitative estimate of drug-likeness (QED) is 0.808. The maximum atomic E-state index is 12.5. The zero-order valence-corrected chi connectivity index (χ0v) is 11.8. The van der Waals surface area contributed by atoms with Gasteiger partial charge < -0.3 is 15.0 Å². The summed E-state index contributed by atoms with van der Waals surface area (Å²) in [5.74, 6) is -0.547. The molecule has 0 bridgehead atoms. The van der Waals surface area contributed by atoms with Crippen LogP contribution >= 0.6 is 0 Å². The van der Waals surface area contributed by atoms with Crippen molar-refractivity contribution in [2.24, 2.45) is 0 Å². The first-order chi connectivity index (χ1) is 9.63. The van der Waals surface area contributed by atoms with Gasteiger partial charge in [0, 0.05) is 32.0 Å². The maximum absolute atomic E-state index is 12.5. The molecule has 2 rings (SSSR count). The lowest BCUT2D eigenvalue weighted by Crippen LogP contribution is -2.57. The molecule has 1 fully saturated rings. The second-order valence-corrected chi connectivity index (χ2v) is 4.72. The molecule has 1 aromatic heterocycles. The van der Waals surface area contributed by atoms with E-state index in [4.69, 9.17) is 4.74 Å². The topological polar surface area (TPSA) is 71.5 Å². The standard InChI is InChI=1S/C14H19N3O3/c1-3-20-14(19)12-9-15-4-5-17(12)13(18)11-6-10(2)7-16-8-11/h6-8,12,15H,3-5,9H2,1-2H3. The van der Waals surface area contributed by atoms with Crippen molar-refractivity contribution in [3.63, 3.8) is 0 Å².